The first-order valence-corrected chi connectivity index (χ1v) is 2.26. The van der Waals surface area contributed by atoms with Crippen LogP contribution in [-0.4, -0.2) is 40.6 Å². The maximum absolute atomic E-state index is 9.95. The van der Waals surface area contributed by atoms with E-state index in [0.717, 1.165) is 0 Å². The maximum atomic E-state index is 9.95. The fourth-order valence-corrected chi connectivity index (χ4v) is 0.164. The Labute approximate surface area is 80.4 Å². The molecule has 0 saturated heterocycles. The first kappa shape index (κ1) is 11.9. The number of carbonyl (C=O) groups is 1. The first-order chi connectivity index (χ1) is 3.63. The quantitative estimate of drug-likeness (QED) is 0.259. The summed E-state index contributed by atoms with van der Waals surface area (Å²) < 4.78 is 0. The van der Waals surface area contributed by atoms with Gasteiger partial charge in [-0.1, -0.05) is 0 Å². The monoisotopic (exact) mass is 158 g/mol. The van der Waals surface area contributed by atoms with Gasteiger partial charge in [0, 0.05) is 6.92 Å². The Morgan fingerprint density at radius 1 is 1.78 bits per heavy atom. The number of rotatable bonds is 0. The Kier molecular flexibility index (Phi) is 8.31. The van der Waals surface area contributed by atoms with Crippen molar-refractivity contribution < 1.29 is 9.63 Å². The molecule has 0 amide bonds. The van der Waals surface area contributed by atoms with Gasteiger partial charge in [-0.3, -0.25) is 4.79 Å². The number of thiocarbonyl (C=S) groups is 1. The number of hydroxylamine groups is 1. The van der Waals surface area contributed by atoms with Crippen LogP contribution in [-0.2, 0) is 9.63 Å². The van der Waals surface area contributed by atoms with Gasteiger partial charge in [-0.2, -0.15) is 5.48 Å². The number of nitrogens with two attached hydrogens (primary N) is 1. The molecule has 0 rings (SSSR count). The summed E-state index contributed by atoms with van der Waals surface area (Å²) in [5.74, 6) is -0.474. The number of carbonyl (C=O) groups excluding carboxylic acids is 1. The molecule has 48 valence electrons. The topological polar surface area (TPSA) is 64.3 Å². The Hall–Kier alpha value is 0.160. The van der Waals surface area contributed by atoms with Gasteiger partial charge in [-0.15, -0.1) is 0 Å². The summed E-state index contributed by atoms with van der Waals surface area (Å²) in [5.41, 5.74) is 6.89. The molecule has 9 heavy (non-hydrogen) atoms. The van der Waals surface area contributed by atoms with Gasteiger partial charge < -0.3 is 10.6 Å². The van der Waals surface area contributed by atoms with Gasteiger partial charge in [0.1, 0.15) is 0 Å². The molecule has 0 atom stereocenters. The molecule has 0 fully saturated rings. The zero-order valence-corrected chi connectivity index (χ0v) is 5.12. The second kappa shape index (κ2) is 6.28. The van der Waals surface area contributed by atoms with E-state index in [2.05, 4.69) is 17.1 Å². The number of hydrogen-bond acceptors (Lipinski definition) is 3. The van der Waals surface area contributed by atoms with Crippen molar-refractivity contribution in [1.82, 2.24) is 5.48 Å². The summed E-state index contributed by atoms with van der Waals surface area (Å²) in [6, 6.07) is 0. The summed E-state index contributed by atoms with van der Waals surface area (Å²) in [6.45, 7) is 1.24. The van der Waals surface area contributed by atoms with Crippen LogP contribution in [0.4, 0.5) is 0 Å². The van der Waals surface area contributed by atoms with E-state index in [1.54, 1.807) is 0 Å². The molecule has 0 aliphatic rings. The molecule has 0 saturated carbocycles. The van der Waals surface area contributed by atoms with Crippen LogP contribution in [0, 0.1) is 0 Å². The molecule has 4 nitrogen and oxygen atoms in total. The summed E-state index contributed by atoms with van der Waals surface area (Å²) >= 11 is 4.30. The zero-order chi connectivity index (χ0) is 6.57. The third-order valence-corrected chi connectivity index (χ3v) is 0.379. The molecule has 0 aliphatic heterocycles. The van der Waals surface area contributed by atoms with E-state index in [9.17, 15) is 4.79 Å². The molecule has 0 aliphatic carbocycles. The second-order valence-corrected chi connectivity index (χ2v) is 1.50. The molecular weight excluding hydrogens is 151 g/mol. The molecule has 0 aromatic rings. The van der Waals surface area contributed by atoms with Crippen LogP contribution >= 0.6 is 12.2 Å². The van der Waals surface area contributed by atoms with E-state index in [1.165, 1.54) is 6.92 Å². The minimum atomic E-state index is -0.474. The van der Waals surface area contributed by atoms with Crippen molar-refractivity contribution in [1.29, 1.82) is 0 Å². The van der Waals surface area contributed by atoms with Crippen LogP contribution in [0.2, 0.25) is 0 Å². The van der Waals surface area contributed by atoms with Crippen LogP contribution in [0.3, 0.4) is 0 Å². The Morgan fingerprint density at radius 3 is 2.33 bits per heavy atom. The van der Waals surface area contributed by atoms with Gasteiger partial charge in [0.15, 0.2) is 5.11 Å². The van der Waals surface area contributed by atoms with Crippen molar-refractivity contribution in [2.45, 2.75) is 6.92 Å². The molecule has 6 heteroatoms. The first-order valence-electron chi connectivity index (χ1n) is 1.86. The summed E-state index contributed by atoms with van der Waals surface area (Å²) in [7, 11) is 0. The SMILES string of the molecule is CC(=O)ONC(N)=S.[NaH]. The van der Waals surface area contributed by atoms with Crippen molar-refractivity contribution >= 4 is 52.9 Å². The minimum absolute atomic E-state index is 0. The van der Waals surface area contributed by atoms with Crippen LogP contribution < -0.4 is 11.2 Å². The molecule has 0 heterocycles. The van der Waals surface area contributed by atoms with Gasteiger partial charge in [-0.25, -0.2) is 0 Å². The average molecular weight is 158 g/mol. The molecule has 0 bridgehead atoms. The van der Waals surface area contributed by atoms with E-state index in [0.29, 0.717) is 0 Å². The van der Waals surface area contributed by atoms with Gasteiger partial charge >= 0.3 is 35.5 Å². The zero-order valence-electron chi connectivity index (χ0n) is 4.30. The van der Waals surface area contributed by atoms with Crippen LogP contribution in [0.1, 0.15) is 6.92 Å². The van der Waals surface area contributed by atoms with Gasteiger partial charge in [0.2, 0.25) is 0 Å². The van der Waals surface area contributed by atoms with Crippen LogP contribution in [0.15, 0.2) is 0 Å². The predicted molar refractivity (Wildman–Crippen MR) is 38.8 cm³/mol. The second-order valence-electron chi connectivity index (χ2n) is 1.06. The van der Waals surface area contributed by atoms with Crippen molar-refractivity contribution in [3.8, 4) is 0 Å². The van der Waals surface area contributed by atoms with E-state index in [-0.39, 0.29) is 34.7 Å². The molecule has 0 aromatic carbocycles. The third kappa shape index (κ3) is 11.6. The molecule has 0 radical (unpaired) electrons. The Bertz CT molecular complexity index is 104. The number of nitrogens with one attached hydrogen (secondary N) is 1. The van der Waals surface area contributed by atoms with Gasteiger partial charge in [0.25, 0.3) is 0 Å². The van der Waals surface area contributed by atoms with Crippen LogP contribution in [0.5, 0.6) is 0 Å². The standard InChI is InChI=1S/C3H6N2O2S.Na.H/c1-2(6)7-5-3(4)8;;/h1H3,(H3,4,5,8);;. The van der Waals surface area contributed by atoms with E-state index >= 15 is 0 Å². The fourth-order valence-electron chi connectivity index (χ4n) is 0.122. The van der Waals surface area contributed by atoms with Crippen molar-refractivity contribution in [2.24, 2.45) is 5.73 Å². The predicted octanol–water partition coefficient (Wildman–Crippen LogP) is -1.35. The fraction of sp³-hybridized carbons (Fsp3) is 0.333. The molecule has 0 unspecified atom stereocenters. The number of hydrogen-bond donors (Lipinski definition) is 2. The van der Waals surface area contributed by atoms with Crippen molar-refractivity contribution in [3.05, 3.63) is 0 Å². The molecular formula is C3H7N2NaO2S. The van der Waals surface area contributed by atoms with Gasteiger partial charge in [-0.05, 0) is 12.2 Å². The average Bonchev–Trinajstić information content (AvgIpc) is 1.61. The summed E-state index contributed by atoms with van der Waals surface area (Å²) in [4.78, 5) is 14.1. The van der Waals surface area contributed by atoms with Crippen molar-refractivity contribution in [3.63, 3.8) is 0 Å². The Balaban J connectivity index is 0. The van der Waals surface area contributed by atoms with Crippen LogP contribution in [0.25, 0.3) is 0 Å². The normalized spacial score (nSPS) is 6.78. The van der Waals surface area contributed by atoms with E-state index < -0.39 is 5.97 Å². The molecule has 3 N–H and O–H groups in total. The molecule has 0 spiro atoms. The third-order valence-electron chi connectivity index (χ3n) is 0.295. The summed E-state index contributed by atoms with van der Waals surface area (Å²) in [6.07, 6.45) is 0. The summed E-state index contributed by atoms with van der Waals surface area (Å²) in [5, 5.41) is -0.0554. The Morgan fingerprint density at radius 2 is 2.22 bits per heavy atom. The van der Waals surface area contributed by atoms with E-state index in [4.69, 9.17) is 5.73 Å². The van der Waals surface area contributed by atoms with E-state index in [1.807, 2.05) is 5.48 Å². The molecule has 0 aromatic heterocycles. The van der Waals surface area contributed by atoms with Gasteiger partial charge in [0.05, 0.1) is 0 Å². The van der Waals surface area contributed by atoms with Crippen molar-refractivity contribution in [2.75, 3.05) is 0 Å².